The van der Waals surface area contributed by atoms with Crippen LogP contribution in [0.25, 0.3) is 0 Å². The molecule has 2 heterocycles. The lowest BCUT2D eigenvalue weighted by molar-refractivity contribution is -0.140. The fourth-order valence-corrected chi connectivity index (χ4v) is 6.70. The standard InChI is InChI=1S/C27H44N4O3/c1-21-6-5-9-24(16-21)31-11-10-27(19-28,20-31)29-26(33)23(17-22-7-3-2-4-8-22)18-25(32)30-12-14-34-15-13-30/h21-24H,2-18,20H2,1H3,(H,29,33)/t21?,23-,24?,27-/m1/s1. The predicted molar refractivity (Wildman–Crippen MR) is 131 cm³/mol. The second-order valence-corrected chi connectivity index (χ2v) is 11.5. The van der Waals surface area contributed by atoms with Gasteiger partial charge in [0.05, 0.1) is 19.3 Å². The van der Waals surface area contributed by atoms with Gasteiger partial charge < -0.3 is 15.0 Å². The Bertz CT molecular complexity index is 741. The van der Waals surface area contributed by atoms with Gasteiger partial charge in [0.15, 0.2) is 0 Å². The van der Waals surface area contributed by atoms with Gasteiger partial charge in [-0.1, -0.05) is 51.9 Å². The van der Waals surface area contributed by atoms with Crippen molar-refractivity contribution in [1.29, 1.82) is 5.26 Å². The number of carbonyl (C=O) groups is 2. The summed E-state index contributed by atoms with van der Waals surface area (Å²) in [6.07, 6.45) is 12.6. The summed E-state index contributed by atoms with van der Waals surface area (Å²) >= 11 is 0. The molecule has 2 aliphatic carbocycles. The molecule has 2 aliphatic heterocycles. The Labute approximate surface area is 205 Å². The first-order valence-corrected chi connectivity index (χ1v) is 13.8. The number of hydrogen-bond acceptors (Lipinski definition) is 5. The number of ether oxygens (including phenoxy) is 1. The lowest BCUT2D eigenvalue weighted by Crippen LogP contribution is -2.53. The highest BCUT2D eigenvalue weighted by molar-refractivity contribution is 5.86. The molecule has 2 saturated carbocycles. The molecule has 4 aliphatic rings. The third-order valence-electron chi connectivity index (χ3n) is 8.80. The van der Waals surface area contributed by atoms with Crippen molar-refractivity contribution >= 4 is 11.8 Å². The first-order chi connectivity index (χ1) is 16.5. The van der Waals surface area contributed by atoms with E-state index in [1.54, 1.807) is 0 Å². The number of morpholine rings is 1. The maximum Gasteiger partial charge on any atom is 0.224 e. The van der Waals surface area contributed by atoms with Gasteiger partial charge in [-0.25, -0.2) is 0 Å². The van der Waals surface area contributed by atoms with E-state index < -0.39 is 5.54 Å². The van der Waals surface area contributed by atoms with Crippen LogP contribution in [0.1, 0.15) is 84.0 Å². The van der Waals surface area contributed by atoms with Gasteiger partial charge in [0.2, 0.25) is 11.8 Å². The average Bonchev–Trinajstić information content (AvgIpc) is 3.29. The lowest BCUT2D eigenvalue weighted by atomic mass is 9.81. The number of amides is 2. The molecule has 0 aromatic rings. The van der Waals surface area contributed by atoms with Crippen molar-refractivity contribution in [1.82, 2.24) is 15.1 Å². The van der Waals surface area contributed by atoms with Crippen LogP contribution in [0.15, 0.2) is 0 Å². The summed E-state index contributed by atoms with van der Waals surface area (Å²) in [5.41, 5.74) is -0.829. The molecular weight excluding hydrogens is 428 g/mol. The van der Waals surface area contributed by atoms with Gasteiger partial charge in [0.25, 0.3) is 0 Å². The Balaban J connectivity index is 1.40. The van der Waals surface area contributed by atoms with Gasteiger partial charge in [0, 0.05) is 44.6 Å². The molecule has 1 N–H and O–H groups in total. The summed E-state index contributed by atoms with van der Waals surface area (Å²) < 4.78 is 5.39. The number of likely N-dealkylation sites (tertiary alicyclic amines) is 1. The normalized spacial score (nSPS) is 32.2. The second-order valence-electron chi connectivity index (χ2n) is 11.5. The molecule has 0 spiro atoms. The third kappa shape index (κ3) is 6.51. The Hall–Kier alpha value is -1.65. The minimum Gasteiger partial charge on any atom is -0.378 e. The van der Waals surface area contributed by atoms with Gasteiger partial charge in [-0.3, -0.25) is 14.5 Å². The van der Waals surface area contributed by atoms with Crippen molar-refractivity contribution in [2.75, 3.05) is 39.4 Å². The van der Waals surface area contributed by atoms with E-state index in [9.17, 15) is 14.9 Å². The van der Waals surface area contributed by atoms with E-state index in [0.29, 0.717) is 51.2 Å². The number of hydrogen-bond donors (Lipinski definition) is 1. The van der Waals surface area contributed by atoms with Gasteiger partial charge in [-0.15, -0.1) is 0 Å². The van der Waals surface area contributed by atoms with E-state index in [0.717, 1.165) is 31.7 Å². The molecule has 0 aromatic carbocycles. The zero-order chi connectivity index (χ0) is 24.0. The minimum absolute atomic E-state index is 0.0505. The van der Waals surface area contributed by atoms with Crippen LogP contribution < -0.4 is 5.32 Å². The summed E-state index contributed by atoms with van der Waals surface area (Å²) in [4.78, 5) is 30.9. The van der Waals surface area contributed by atoms with Crippen LogP contribution in [0.5, 0.6) is 0 Å². The SMILES string of the molecule is CC1CCCC(N2CC[C@](C#N)(NC(=O)[C@@H](CC(=O)N3CCOCC3)CC3CCCCC3)C2)C1. The van der Waals surface area contributed by atoms with E-state index >= 15 is 0 Å². The van der Waals surface area contributed by atoms with Gasteiger partial charge in [0.1, 0.15) is 5.54 Å². The Morgan fingerprint density at radius 2 is 1.85 bits per heavy atom. The van der Waals surface area contributed by atoms with E-state index in [1.807, 2.05) is 4.90 Å². The van der Waals surface area contributed by atoms with Crippen molar-refractivity contribution in [3.05, 3.63) is 0 Å². The number of rotatable bonds is 7. The summed E-state index contributed by atoms with van der Waals surface area (Å²) in [7, 11) is 0. The van der Waals surface area contributed by atoms with Crippen LogP contribution in [0.2, 0.25) is 0 Å². The van der Waals surface area contributed by atoms with E-state index in [1.165, 1.54) is 44.9 Å². The van der Waals surface area contributed by atoms with E-state index in [4.69, 9.17) is 4.74 Å². The van der Waals surface area contributed by atoms with Crippen LogP contribution >= 0.6 is 0 Å². The number of carbonyl (C=O) groups excluding carboxylic acids is 2. The molecule has 7 nitrogen and oxygen atoms in total. The molecule has 7 heteroatoms. The molecule has 4 atom stereocenters. The quantitative estimate of drug-likeness (QED) is 0.613. The molecule has 190 valence electrons. The van der Waals surface area contributed by atoms with Crippen LogP contribution in [0, 0.1) is 29.1 Å². The largest absolute Gasteiger partial charge is 0.378 e. The van der Waals surface area contributed by atoms with Crippen LogP contribution in [-0.2, 0) is 14.3 Å². The minimum atomic E-state index is -0.829. The molecule has 4 fully saturated rings. The lowest BCUT2D eigenvalue weighted by Gasteiger charge is -2.35. The van der Waals surface area contributed by atoms with Crippen molar-refractivity contribution in [2.45, 2.75) is 95.6 Å². The van der Waals surface area contributed by atoms with Crippen molar-refractivity contribution in [3.63, 3.8) is 0 Å². The first-order valence-electron chi connectivity index (χ1n) is 13.8. The summed E-state index contributed by atoms with van der Waals surface area (Å²) in [5.74, 6) is 0.842. The zero-order valence-corrected chi connectivity index (χ0v) is 21.1. The van der Waals surface area contributed by atoms with Gasteiger partial charge in [-0.05, 0) is 37.5 Å². The molecule has 2 amide bonds. The molecule has 0 radical (unpaired) electrons. The third-order valence-corrected chi connectivity index (χ3v) is 8.80. The van der Waals surface area contributed by atoms with E-state index in [2.05, 4.69) is 23.2 Å². The monoisotopic (exact) mass is 472 g/mol. The molecular formula is C27H44N4O3. The van der Waals surface area contributed by atoms with Crippen molar-refractivity contribution in [3.8, 4) is 6.07 Å². The molecule has 0 bridgehead atoms. The molecule has 2 saturated heterocycles. The van der Waals surface area contributed by atoms with Crippen molar-refractivity contribution < 1.29 is 14.3 Å². The van der Waals surface area contributed by atoms with E-state index in [-0.39, 0.29) is 24.2 Å². The molecule has 2 unspecified atom stereocenters. The maximum atomic E-state index is 13.6. The van der Waals surface area contributed by atoms with Crippen molar-refractivity contribution in [2.24, 2.45) is 17.8 Å². The first kappa shape index (κ1) is 25.4. The fourth-order valence-electron chi connectivity index (χ4n) is 6.70. The van der Waals surface area contributed by atoms with Crippen LogP contribution in [0.3, 0.4) is 0 Å². The highest BCUT2D eigenvalue weighted by Crippen LogP contribution is 2.34. The number of nitriles is 1. The molecule has 34 heavy (non-hydrogen) atoms. The number of nitrogens with zero attached hydrogens (tertiary/aromatic N) is 3. The Kier molecular flexibility index (Phi) is 8.87. The number of nitrogens with one attached hydrogen (secondary N) is 1. The maximum absolute atomic E-state index is 13.6. The summed E-state index contributed by atoms with van der Waals surface area (Å²) in [5, 5.41) is 13.3. The molecule has 4 rings (SSSR count). The predicted octanol–water partition coefficient (Wildman–Crippen LogP) is 3.48. The fraction of sp³-hybridized carbons (Fsp3) is 0.889. The van der Waals surface area contributed by atoms with Crippen LogP contribution in [-0.4, -0.2) is 72.6 Å². The molecule has 0 aromatic heterocycles. The zero-order valence-electron chi connectivity index (χ0n) is 21.1. The van der Waals surface area contributed by atoms with Crippen LogP contribution in [0.4, 0.5) is 0 Å². The second kappa shape index (κ2) is 11.9. The Morgan fingerprint density at radius 1 is 1.09 bits per heavy atom. The highest BCUT2D eigenvalue weighted by Gasteiger charge is 2.44. The highest BCUT2D eigenvalue weighted by atomic mass is 16.5. The van der Waals surface area contributed by atoms with Gasteiger partial charge in [-0.2, -0.15) is 5.26 Å². The topological polar surface area (TPSA) is 85.7 Å². The smallest absolute Gasteiger partial charge is 0.224 e. The summed E-state index contributed by atoms with van der Waals surface area (Å²) in [6, 6.07) is 3.00. The van der Waals surface area contributed by atoms with Gasteiger partial charge >= 0.3 is 0 Å². The Morgan fingerprint density at radius 3 is 2.56 bits per heavy atom. The summed E-state index contributed by atoms with van der Waals surface area (Å²) in [6.45, 7) is 6.14. The average molecular weight is 473 g/mol.